The fourth-order valence-corrected chi connectivity index (χ4v) is 2.69. The van der Waals surface area contributed by atoms with Gasteiger partial charge in [-0.25, -0.2) is 0 Å². The third-order valence-electron chi connectivity index (χ3n) is 3.95. The van der Waals surface area contributed by atoms with E-state index in [2.05, 4.69) is 5.32 Å². The van der Waals surface area contributed by atoms with Crippen LogP contribution in [-0.4, -0.2) is 12.9 Å². The highest BCUT2D eigenvalue weighted by Crippen LogP contribution is 2.26. The summed E-state index contributed by atoms with van der Waals surface area (Å²) in [4.78, 5) is 12.3. The van der Waals surface area contributed by atoms with Gasteiger partial charge in [0.15, 0.2) is 5.78 Å². The summed E-state index contributed by atoms with van der Waals surface area (Å²) in [5, 5.41) is 3.81. The molecule has 0 radical (unpaired) electrons. The molecule has 0 fully saturated rings. The van der Waals surface area contributed by atoms with Crippen LogP contribution in [0, 0.1) is 0 Å². The Morgan fingerprint density at radius 1 is 0.929 bits per heavy atom. The second kappa shape index (κ2) is 9.11. The molecule has 28 heavy (non-hydrogen) atoms. The van der Waals surface area contributed by atoms with Crippen molar-refractivity contribution < 1.29 is 14.3 Å². The Balaban J connectivity index is 1.63. The van der Waals surface area contributed by atoms with Crippen LogP contribution in [0.4, 0.5) is 5.69 Å². The third-order valence-corrected chi connectivity index (χ3v) is 4.20. The zero-order valence-electron chi connectivity index (χ0n) is 15.6. The smallest absolute Gasteiger partial charge is 0.187 e. The molecule has 0 heterocycles. The van der Waals surface area contributed by atoms with E-state index in [-0.39, 0.29) is 5.78 Å². The summed E-state index contributed by atoms with van der Waals surface area (Å²) >= 11 is 5.85. The maximum absolute atomic E-state index is 12.3. The average molecular weight is 394 g/mol. The summed E-state index contributed by atoms with van der Waals surface area (Å²) in [6.45, 7) is 1.84. The fourth-order valence-electron chi connectivity index (χ4n) is 2.56. The van der Waals surface area contributed by atoms with E-state index in [0.29, 0.717) is 22.1 Å². The van der Waals surface area contributed by atoms with Crippen molar-refractivity contribution in [3.63, 3.8) is 0 Å². The summed E-state index contributed by atoms with van der Waals surface area (Å²) in [5.41, 5.74) is 2.18. The lowest BCUT2D eigenvalue weighted by molar-refractivity contribution is 0.104. The third kappa shape index (κ3) is 5.38. The molecule has 5 heteroatoms. The van der Waals surface area contributed by atoms with Crippen LogP contribution in [0.3, 0.4) is 0 Å². The van der Waals surface area contributed by atoms with Crippen molar-refractivity contribution in [1.29, 1.82) is 0 Å². The van der Waals surface area contributed by atoms with Gasteiger partial charge in [0.1, 0.15) is 17.2 Å². The van der Waals surface area contributed by atoms with Crippen LogP contribution in [0.5, 0.6) is 17.2 Å². The van der Waals surface area contributed by atoms with Crippen LogP contribution in [0.15, 0.2) is 84.6 Å². The van der Waals surface area contributed by atoms with E-state index in [1.807, 2.05) is 55.5 Å². The van der Waals surface area contributed by atoms with E-state index in [1.165, 1.54) is 0 Å². The average Bonchev–Trinajstić information content (AvgIpc) is 2.70. The molecule has 0 amide bonds. The van der Waals surface area contributed by atoms with Gasteiger partial charge in [0, 0.05) is 34.1 Å². The van der Waals surface area contributed by atoms with E-state index in [0.717, 1.165) is 17.1 Å². The van der Waals surface area contributed by atoms with Crippen molar-refractivity contribution in [1.82, 2.24) is 0 Å². The predicted octanol–water partition coefficient (Wildman–Crippen LogP) is 6.34. The number of carbonyl (C=O) groups excluding carboxylic acids is 1. The molecule has 0 aromatic heterocycles. The van der Waals surface area contributed by atoms with E-state index < -0.39 is 0 Å². The van der Waals surface area contributed by atoms with Crippen LogP contribution in [0.2, 0.25) is 5.02 Å². The highest BCUT2D eigenvalue weighted by atomic mass is 35.5. The lowest BCUT2D eigenvalue weighted by Gasteiger charge is -2.10. The van der Waals surface area contributed by atoms with E-state index in [1.54, 1.807) is 37.5 Å². The van der Waals surface area contributed by atoms with E-state index in [4.69, 9.17) is 21.1 Å². The summed E-state index contributed by atoms with van der Waals surface area (Å²) in [6, 6.07) is 21.7. The SMILES string of the molecule is COc1cccc(Oc2ccc(NC(C)=CC(=O)c3ccc(Cl)cc3)cc2)c1. The minimum atomic E-state index is -0.0837. The summed E-state index contributed by atoms with van der Waals surface area (Å²) < 4.78 is 11.0. The van der Waals surface area contributed by atoms with Gasteiger partial charge in [-0.2, -0.15) is 0 Å². The number of hydrogen-bond donors (Lipinski definition) is 1. The first-order chi connectivity index (χ1) is 13.5. The van der Waals surface area contributed by atoms with Gasteiger partial charge in [-0.15, -0.1) is 0 Å². The molecule has 0 spiro atoms. The molecule has 0 bridgehead atoms. The monoisotopic (exact) mass is 393 g/mol. The predicted molar refractivity (Wildman–Crippen MR) is 113 cm³/mol. The molecule has 4 nitrogen and oxygen atoms in total. The van der Waals surface area contributed by atoms with Gasteiger partial charge in [-0.05, 0) is 67.6 Å². The molecule has 0 aliphatic rings. The quantitative estimate of drug-likeness (QED) is 0.376. The Bertz CT molecular complexity index is 979. The molecule has 0 aliphatic heterocycles. The topological polar surface area (TPSA) is 47.6 Å². The van der Waals surface area contributed by atoms with Gasteiger partial charge in [-0.1, -0.05) is 17.7 Å². The largest absolute Gasteiger partial charge is 0.497 e. The van der Waals surface area contributed by atoms with Crippen LogP contribution >= 0.6 is 11.6 Å². The Morgan fingerprint density at radius 3 is 2.29 bits per heavy atom. The highest BCUT2D eigenvalue weighted by Gasteiger charge is 2.04. The number of allylic oxidation sites excluding steroid dienone is 2. The molecule has 3 rings (SSSR count). The van der Waals surface area contributed by atoms with Crippen molar-refractivity contribution >= 4 is 23.1 Å². The Morgan fingerprint density at radius 2 is 1.61 bits per heavy atom. The Labute approximate surface area is 169 Å². The van der Waals surface area contributed by atoms with Crippen LogP contribution in [-0.2, 0) is 0 Å². The number of halogens is 1. The fraction of sp³-hybridized carbons (Fsp3) is 0.0870. The van der Waals surface area contributed by atoms with E-state index in [9.17, 15) is 4.79 Å². The van der Waals surface area contributed by atoms with Crippen molar-refractivity contribution in [2.24, 2.45) is 0 Å². The Kier molecular flexibility index (Phi) is 6.35. The zero-order valence-corrected chi connectivity index (χ0v) is 16.4. The molecule has 0 saturated carbocycles. The number of benzene rings is 3. The molecule has 3 aromatic carbocycles. The summed E-state index contributed by atoms with van der Waals surface area (Å²) in [7, 11) is 1.62. The van der Waals surface area contributed by atoms with Crippen LogP contribution < -0.4 is 14.8 Å². The highest BCUT2D eigenvalue weighted by molar-refractivity contribution is 6.30. The number of nitrogens with one attached hydrogen (secondary N) is 1. The summed E-state index contributed by atoms with van der Waals surface area (Å²) in [6.07, 6.45) is 1.56. The molecule has 0 atom stereocenters. The molecule has 142 valence electrons. The minimum Gasteiger partial charge on any atom is -0.497 e. The van der Waals surface area contributed by atoms with Crippen molar-refractivity contribution in [2.75, 3.05) is 12.4 Å². The van der Waals surface area contributed by atoms with Crippen LogP contribution in [0.25, 0.3) is 0 Å². The lowest BCUT2D eigenvalue weighted by atomic mass is 10.1. The second-order valence-electron chi connectivity index (χ2n) is 6.13. The molecule has 0 saturated heterocycles. The molecule has 3 aromatic rings. The number of rotatable bonds is 7. The molecule has 0 unspecified atom stereocenters. The zero-order chi connectivity index (χ0) is 19.9. The number of carbonyl (C=O) groups is 1. The first kappa shape index (κ1) is 19.5. The molecular formula is C23H20ClNO3. The number of anilines is 1. The number of ether oxygens (including phenoxy) is 2. The molecule has 1 N–H and O–H groups in total. The van der Waals surface area contributed by atoms with Gasteiger partial charge < -0.3 is 14.8 Å². The number of hydrogen-bond acceptors (Lipinski definition) is 4. The summed E-state index contributed by atoms with van der Waals surface area (Å²) in [5.74, 6) is 2.06. The lowest BCUT2D eigenvalue weighted by Crippen LogP contribution is -2.01. The van der Waals surface area contributed by atoms with Crippen molar-refractivity contribution in [3.05, 3.63) is 95.2 Å². The second-order valence-corrected chi connectivity index (χ2v) is 6.57. The van der Waals surface area contributed by atoms with Crippen molar-refractivity contribution in [2.45, 2.75) is 6.92 Å². The molecular weight excluding hydrogens is 374 g/mol. The maximum Gasteiger partial charge on any atom is 0.187 e. The van der Waals surface area contributed by atoms with Gasteiger partial charge in [0.25, 0.3) is 0 Å². The number of methoxy groups -OCH3 is 1. The van der Waals surface area contributed by atoms with Gasteiger partial charge in [-0.3, -0.25) is 4.79 Å². The van der Waals surface area contributed by atoms with Gasteiger partial charge in [0.2, 0.25) is 0 Å². The van der Waals surface area contributed by atoms with Crippen molar-refractivity contribution in [3.8, 4) is 17.2 Å². The van der Waals surface area contributed by atoms with Gasteiger partial charge >= 0.3 is 0 Å². The first-order valence-electron chi connectivity index (χ1n) is 8.71. The first-order valence-corrected chi connectivity index (χ1v) is 9.08. The van der Waals surface area contributed by atoms with Gasteiger partial charge in [0.05, 0.1) is 7.11 Å². The Hall–Kier alpha value is -3.24. The number of ketones is 1. The van der Waals surface area contributed by atoms with E-state index >= 15 is 0 Å². The molecule has 0 aliphatic carbocycles. The minimum absolute atomic E-state index is 0.0837. The normalized spacial score (nSPS) is 11.0. The van der Waals surface area contributed by atoms with Crippen LogP contribution in [0.1, 0.15) is 17.3 Å². The standard InChI is InChI=1S/C23H20ClNO3/c1-16(14-23(26)17-6-8-18(24)9-7-17)25-19-10-12-20(13-11-19)28-22-5-3-4-21(15-22)27-2/h3-15,25H,1-2H3. The maximum atomic E-state index is 12.3.